The number of carbonyl (C=O) groups excluding carboxylic acids is 1. The number of likely N-dealkylation sites (N-methyl/N-ethyl adjacent to an activating group) is 1. The number of hydrogen-bond acceptors (Lipinski definition) is 4. The molecule has 1 aromatic rings. The number of amides is 1. The second kappa shape index (κ2) is 6.31. The average Bonchev–Trinajstić information content (AvgIpc) is 2.81. The molecule has 100 valence electrons. The Labute approximate surface area is 112 Å². The molecule has 1 unspecified atom stereocenters. The zero-order valence-electron chi connectivity index (χ0n) is 10.9. The minimum absolute atomic E-state index is 0.129. The molecule has 0 spiro atoms. The lowest BCUT2D eigenvalue weighted by Crippen LogP contribution is -2.51. The van der Waals surface area contributed by atoms with E-state index in [0.717, 1.165) is 19.5 Å². The van der Waals surface area contributed by atoms with Crippen LogP contribution in [0.2, 0.25) is 0 Å². The number of nitrogens with zero attached hydrogens (tertiary/aromatic N) is 1. The molecule has 1 atom stereocenters. The van der Waals surface area contributed by atoms with E-state index in [2.05, 4.69) is 23.7 Å². The fourth-order valence-electron chi connectivity index (χ4n) is 2.03. The highest BCUT2D eigenvalue weighted by Gasteiger charge is 2.24. The Hall–Kier alpha value is -0.910. The van der Waals surface area contributed by atoms with E-state index in [0.29, 0.717) is 13.2 Å². The first-order valence-corrected chi connectivity index (χ1v) is 7.15. The van der Waals surface area contributed by atoms with Gasteiger partial charge in [-0.2, -0.15) is 0 Å². The minimum Gasteiger partial charge on any atom is -0.378 e. The molecule has 18 heavy (non-hydrogen) atoms. The van der Waals surface area contributed by atoms with E-state index in [1.807, 2.05) is 7.05 Å². The van der Waals surface area contributed by atoms with E-state index >= 15 is 0 Å². The van der Waals surface area contributed by atoms with Gasteiger partial charge in [0.25, 0.3) is 0 Å². The molecule has 1 amide bonds. The summed E-state index contributed by atoms with van der Waals surface area (Å²) in [4.78, 5) is 15.3. The SMILES string of the molecule is Cc1ccsc1CCN(C)C(=O)C1COCCN1. The Kier molecular flexibility index (Phi) is 4.74. The van der Waals surface area contributed by atoms with Crippen molar-refractivity contribution >= 4 is 17.2 Å². The first-order valence-electron chi connectivity index (χ1n) is 6.27. The number of nitrogens with one attached hydrogen (secondary N) is 1. The predicted octanol–water partition coefficient (Wildman–Crippen LogP) is 1.05. The van der Waals surface area contributed by atoms with Crippen LogP contribution in [0.3, 0.4) is 0 Å². The highest BCUT2D eigenvalue weighted by molar-refractivity contribution is 7.10. The fourth-order valence-corrected chi connectivity index (χ4v) is 2.93. The molecule has 1 N–H and O–H groups in total. The number of carbonyl (C=O) groups is 1. The van der Waals surface area contributed by atoms with Gasteiger partial charge in [0, 0.05) is 25.0 Å². The molecule has 0 bridgehead atoms. The second-order valence-electron chi connectivity index (χ2n) is 4.62. The molecule has 0 aromatic carbocycles. The summed E-state index contributed by atoms with van der Waals surface area (Å²) in [6.45, 7) is 4.82. The van der Waals surface area contributed by atoms with E-state index in [-0.39, 0.29) is 11.9 Å². The molecule has 1 saturated heterocycles. The maximum Gasteiger partial charge on any atom is 0.241 e. The lowest BCUT2D eigenvalue weighted by Gasteiger charge is -2.27. The molecule has 2 heterocycles. The second-order valence-corrected chi connectivity index (χ2v) is 5.62. The van der Waals surface area contributed by atoms with Gasteiger partial charge in [-0.05, 0) is 30.4 Å². The van der Waals surface area contributed by atoms with Crippen molar-refractivity contribution in [1.82, 2.24) is 10.2 Å². The smallest absolute Gasteiger partial charge is 0.241 e. The topological polar surface area (TPSA) is 41.6 Å². The summed E-state index contributed by atoms with van der Waals surface area (Å²) in [6, 6.07) is 1.95. The number of aryl methyl sites for hydroxylation is 1. The maximum absolute atomic E-state index is 12.1. The summed E-state index contributed by atoms with van der Waals surface area (Å²) >= 11 is 1.76. The normalized spacial score (nSPS) is 19.8. The quantitative estimate of drug-likeness (QED) is 0.887. The van der Waals surface area contributed by atoms with Crippen LogP contribution in [-0.2, 0) is 16.0 Å². The molecule has 0 radical (unpaired) electrons. The van der Waals surface area contributed by atoms with Gasteiger partial charge in [-0.15, -0.1) is 11.3 Å². The summed E-state index contributed by atoms with van der Waals surface area (Å²) in [5.74, 6) is 0.129. The number of hydrogen-bond donors (Lipinski definition) is 1. The Morgan fingerprint density at radius 2 is 2.50 bits per heavy atom. The van der Waals surface area contributed by atoms with Crippen LogP contribution in [0.1, 0.15) is 10.4 Å². The summed E-state index contributed by atoms with van der Waals surface area (Å²) < 4.78 is 5.31. The van der Waals surface area contributed by atoms with Gasteiger partial charge in [-0.1, -0.05) is 0 Å². The number of ether oxygens (including phenoxy) is 1. The van der Waals surface area contributed by atoms with Gasteiger partial charge in [-0.3, -0.25) is 4.79 Å². The van der Waals surface area contributed by atoms with Crippen LogP contribution in [0.25, 0.3) is 0 Å². The third-order valence-corrected chi connectivity index (χ3v) is 4.32. The van der Waals surface area contributed by atoms with E-state index in [4.69, 9.17) is 4.74 Å². The third-order valence-electron chi connectivity index (χ3n) is 3.24. The molecule has 1 aromatic heterocycles. The Balaban J connectivity index is 1.82. The van der Waals surface area contributed by atoms with Gasteiger partial charge < -0.3 is 15.0 Å². The van der Waals surface area contributed by atoms with Gasteiger partial charge in [0.2, 0.25) is 5.91 Å². The van der Waals surface area contributed by atoms with E-state index in [1.54, 1.807) is 16.2 Å². The van der Waals surface area contributed by atoms with Crippen molar-refractivity contribution in [3.63, 3.8) is 0 Å². The Bertz CT molecular complexity index is 399. The molecule has 2 rings (SSSR count). The molecule has 1 fully saturated rings. The van der Waals surface area contributed by atoms with Crippen LogP contribution in [0.4, 0.5) is 0 Å². The molecular formula is C13H20N2O2S. The van der Waals surface area contributed by atoms with Crippen LogP contribution in [0.15, 0.2) is 11.4 Å². The van der Waals surface area contributed by atoms with Crippen molar-refractivity contribution in [2.24, 2.45) is 0 Å². The molecule has 5 heteroatoms. The summed E-state index contributed by atoms with van der Waals surface area (Å²) in [5.41, 5.74) is 1.32. The molecule has 0 aliphatic carbocycles. The summed E-state index contributed by atoms with van der Waals surface area (Å²) in [5, 5.41) is 5.29. The zero-order valence-corrected chi connectivity index (χ0v) is 11.8. The highest BCUT2D eigenvalue weighted by Crippen LogP contribution is 2.16. The maximum atomic E-state index is 12.1. The van der Waals surface area contributed by atoms with Gasteiger partial charge >= 0.3 is 0 Å². The van der Waals surface area contributed by atoms with Gasteiger partial charge in [-0.25, -0.2) is 0 Å². The predicted molar refractivity (Wildman–Crippen MR) is 73.0 cm³/mol. The van der Waals surface area contributed by atoms with Gasteiger partial charge in [0.1, 0.15) is 6.04 Å². The Morgan fingerprint density at radius 1 is 1.67 bits per heavy atom. The van der Waals surface area contributed by atoms with Crippen LogP contribution < -0.4 is 5.32 Å². The molecule has 0 saturated carbocycles. The van der Waals surface area contributed by atoms with E-state index in [9.17, 15) is 4.79 Å². The monoisotopic (exact) mass is 268 g/mol. The standard InChI is InChI=1S/C13H20N2O2S/c1-10-4-8-18-12(10)3-6-15(2)13(16)11-9-17-7-5-14-11/h4,8,11,14H,3,5-7,9H2,1-2H3. The molecule has 1 aliphatic heterocycles. The van der Waals surface area contributed by atoms with Crippen molar-refractivity contribution in [1.29, 1.82) is 0 Å². The third kappa shape index (κ3) is 3.31. The van der Waals surface area contributed by atoms with Crippen molar-refractivity contribution in [2.45, 2.75) is 19.4 Å². The van der Waals surface area contributed by atoms with E-state index in [1.165, 1.54) is 10.4 Å². The van der Waals surface area contributed by atoms with Crippen LogP contribution in [-0.4, -0.2) is 50.2 Å². The lowest BCUT2D eigenvalue weighted by atomic mass is 10.2. The highest BCUT2D eigenvalue weighted by atomic mass is 32.1. The van der Waals surface area contributed by atoms with Crippen molar-refractivity contribution in [3.8, 4) is 0 Å². The van der Waals surface area contributed by atoms with Gasteiger partial charge in [0.15, 0.2) is 0 Å². The van der Waals surface area contributed by atoms with Crippen LogP contribution >= 0.6 is 11.3 Å². The number of thiophene rings is 1. The van der Waals surface area contributed by atoms with Crippen molar-refractivity contribution in [3.05, 3.63) is 21.9 Å². The first kappa shape index (κ1) is 13.5. The van der Waals surface area contributed by atoms with Gasteiger partial charge in [0.05, 0.1) is 13.2 Å². The fraction of sp³-hybridized carbons (Fsp3) is 0.615. The summed E-state index contributed by atoms with van der Waals surface area (Å²) in [6.07, 6.45) is 0.930. The van der Waals surface area contributed by atoms with Crippen LogP contribution in [0.5, 0.6) is 0 Å². The van der Waals surface area contributed by atoms with E-state index < -0.39 is 0 Å². The first-order chi connectivity index (χ1) is 8.68. The average molecular weight is 268 g/mol. The molecular weight excluding hydrogens is 248 g/mol. The lowest BCUT2D eigenvalue weighted by molar-refractivity contribution is -0.135. The zero-order chi connectivity index (χ0) is 13.0. The van der Waals surface area contributed by atoms with Crippen molar-refractivity contribution in [2.75, 3.05) is 33.4 Å². The minimum atomic E-state index is -0.173. The molecule has 4 nitrogen and oxygen atoms in total. The van der Waals surface area contributed by atoms with Crippen molar-refractivity contribution < 1.29 is 9.53 Å². The largest absolute Gasteiger partial charge is 0.378 e. The number of rotatable bonds is 4. The van der Waals surface area contributed by atoms with Crippen LogP contribution in [0, 0.1) is 6.92 Å². The molecule has 1 aliphatic rings. The summed E-state index contributed by atoms with van der Waals surface area (Å²) in [7, 11) is 1.86. The number of morpholine rings is 1. The Morgan fingerprint density at radius 3 is 3.11 bits per heavy atom.